The minimum absolute atomic E-state index is 0.648. The summed E-state index contributed by atoms with van der Waals surface area (Å²) in [5.41, 5.74) is 0. The summed E-state index contributed by atoms with van der Waals surface area (Å²) < 4.78 is 0. The highest BCUT2D eigenvalue weighted by Gasteiger charge is 2.19. The molecule has 1 fully saturated rings. The monoisotopic (exact) mass is 139 g/mol. The van der Waals surface area contributed by atoms with Crippen LogP contribution in [0.2, 0.25) is 0 Å². The first-order chi connectivity index (χ1) is 4.47. The molecule has 2 aliphatic rings. The van der Waals surface area contributed by atoms with Gasteiger partial charge in [0.2, 0.25) is 0 Å². The van der Waals surface area contributed by atoms with Crippen LogP contribution in [0.25, 0.3) is 0 Å². The summed E-state index contributed by atoms with van der Waals surface area (Å²) in [5.74, 6) is 1.28. The molecule has 9 heavy (non-hydrogen) atoms. The second kappa shape index (κ2) is 2.10. The van der Waals surface area contributed by atoms with Crippen LogP contribution in [0.5, 0.6) is 0 Å². The lowest BCUT2D eigenvalue weighted by Crippen LogP contribution is -2.21. The molecule has 0 aliphatic carbocycles. The number of rotatable bonds is 0. The first-order valence-corrected chi connectivity index (χ1v) is 4.24. The van der Waals surface area contributed by atoms with Crippen molar-refractivity contribution in [1.82, 2.24) is 4.90 Å². The standard InChI is InChI=1S/C7H9NS/c1-2-4-8-5-6-9-7(8)3-1/h1-4,7H,5-6H2. The van der Waals surface area contributed by atoms with E-state index in [-0.39, 0.29) is 0 Å². The zero-order chi connectivity index (χ0) is 6.10. The molecule has 48 valence electrons. The van der Waals surface area contributed by atoms with Gasteiger partial charge in [-0.05, 0) is 6.08 Å². The smallest absolute Gasteiger partial charge is 0.0934 e. The Kier molecular flexibility index (Phi) is 1.27. The Morgan fingerprint density at radius 2 is 2.44 bits per heavy atom. The maximum atomic E-state index is 2.37. The maximum Gasteiger partial charge on any atom is 0.0934 e. The van der Waals surface area contributed by atoms with Crippen molar-refractivity contribution >= 4 is 11.8 Å². The predicted molar refractivity (Wildman–Crippen MR) is 41.2 cm³/mol. The van der Waals surface area contributed by atoms with Gasteiger partial charge in [0.25, 0.3) is 0 Å². The van der Waals surface area contributed by atoms with Gasteiger partial charge in [-0.25, -0.2) is 0 Å². The number of nitrogens with zero attached hydrogens (tertiary/aromatic N) is 1. The van der Waals surface area contributed by atoms with Crippen molar-refractivity contribution < 1.29 is 0 Å². The molecule has 2 heteroatoms. The Morgan fingerprint density at radius 1 is 1.44 bits per heavy atom. The molecule has 0 radical (unpaired) electrons. The van der Waals surface area contributed by atoms with E-state index in [1.807, 2.05) is 11.8 Å². The molecular formula is C7H9NS. The highest BCUT2D eigenvalue weighted by Crippen LogP contribution is 2.26. The predicted octanol–water partition coefficient (Wildman–Crippen LogP) is 1.44. The summed E-state index contributed by atoms with van der Waals surface area (Å²) in [6, 6.07) is 0. The molecule has 2 rings (SSSR count). The SMILES string of the molecule is C1=CC2SCCN2C=C1. The maximum absolute atomic E-state index is 2.37. The molecule has 1 atom stereocenters. The average molecular weight is 139 g/mol. The molecule has 1 unspecified atom stereocenters. The molecule has 2 heterocycles. The van der Waals surface area contributed by atoms with E-state index in [2.05, 4.69) is 29.3 Å². The summed E-state index contributed by atoms with van der Waals surface area (Å²) >= 11 is 2.01. The Labute approximate surface area is 59.4 Å². The lowest BCUT2D eigenvalue weighted by molar-refractivity contribution is 0.433. The Balaban J connectivity index is 2.18. The Bertz CT molecular complexity index is 144. The third kappa shape index (κ3) is 0.874. The van der Waals surface area contributed by atoms with Crippen molar-refractivity contribution in [3.05, 3.63) is 24.4 Å². The van der Waals surface area contributed by atoms with E-state index in [4.69, 9.17) is 0 Å². The second-order valence-electron chi connectivity index (χ2n) is 2.23. The molecule has 0 amide bonds. The van der Waals surface area contributed by atoms with E-state index in [0.29, 0.717) is 5.37 Å². The highest BCUT2D eigenvalue weighted by molar-refractivity contribution is 8.00. The van der Waals surface area contributed by atoms with Crippen LogP contribution in [-0.4, -0.2) is 22.6 Å². The minimum atomic E-state index is 0.648. The van der Waals surface area contributed by atoms with E-state index >= 15 is 0 Å². The summed E-state index contributed by atoms with van der Waals surface area (Å²) in [6.07, 6.45) is 8.64. The van der Waals surface area contributed by atoms with Crippen LogP contribution in [0.4, 0.5) is 0 Å². The zero-order valence-electron chi connectivity index (χ0n) is 5.16. The van der Waals surface area contributed by atoms with E-state index in [1.54, 1.807) is 0 Å². The van der Waals surface area contributed by atoms with Crippen LogP contribution in [-0.2, 0) is 0 Å². The van der Waals surface area contributed by atoms with Crippen molar-refractivity contribution in [1.29, 1.82) is 0 Å². The number of hydrogen-bond donors (Lipinski definition) is 0. The van der Waals surface area contributed by atoms with Crippen LogP contribution in [0.3, 0.4) is 0 Å². The van der Waals surface area contributed by atoms with Gasteiger partial charge in [-0.3, -0.25) is 0 Å². The van der Waals surface area contributed by atoms with Crippen molar-refractivity contribution in [3.8, 4) is 0 Å². The lowest BCUT2D eigenvalue weighted by Gasteiger charge is -2.20. The van der Waals surface area contributed by atoms with Crippen LogP contribution < -0.4 is 0 Å². The van der Waals surface area contributed by atoms with Gasteiger partial charge in [-0.2, -0.15) is 0 Å². The number of hydrogen-bond acceptors (Lipinski definition) is 2. The largest absolute Gasteiger partial charge is 0.361 e. The van der Waals surface area contributed by atoms with Gasteiger partial charge in [-0.1, -0.05) is 12.2 Å². The fourth-order valence-corrected chi connectivity index (χ4v) is 2.27. The topological polar surface area (TPSA) is 3.24 Å². The fraction of sp³-hybridized carbons (Fsp3) is 0.429. The molecule has 2 aliphatic heterocycles. The van der Waals surface area contributed by atoms with E-state index in [0.717, 1.165) is 0 Å². The van der Waals surface area contributed by atoms with Gasteiger partial charge in [0, 0.05) is 18.5 Å². The summed E-state index contributed by atoms with van der Waals surface area (Å²) in [6.45, 7) is 1.22. The second-order valence-corrected chi connectivity index (χ2v) is 3.45. The lowest BCUT2D eigenvalue weighted by atomic mass is 10.3. The van der Waals surface area contributed by atoms with Crippen LogP contribution in [0.15, 0.2) is 24.4 Å². The number of allylic oxidation sites excluding steroid dienone is 2. The minimum Gasteiger partial charge on any atom is -0.361 e. The molecule has 0 aromatic heterocycles. The summed E-state index contributed by atoms with van der Waals surface area (Å²) in [4.78, 5) is 2.37. The van der Waals surface area contributed by atoms with E-state index < -0.39 is 0 Å². The van der Waals surface area contributed by atoms with Crippen LogP contribution in [0, 0.1) is 0 Å². The number of fused-ring (bicyclic) bond motifs is 1. The third-order valence-corrected chi connectivity index (χ3v) is 2.82. The van der Waals surface area contributed by atoms with E-state index in [1.165, 1.54) is 12.3 Å². The highest BCUT2D eigenvalue weighted by atomic mass is 32.2. The van der Waals surface area contributed by atoms with Gasteiger partial charge in [0.05, 0.1) is 5.37 Å². The molecule has 1 nitrogen and oxygen atoms in total. The molecule has 0 aromatic carbocycles. The Hall–Kier alpha value is -0.370. The summed E-state index contributed by atoms with van der Waals surface area (Å²) in [7, 11) is 0. The molecule has 0 bridgehead atoms. The van der Waals surface area contributed by atoms with Crippen molar-refractivity contribution in [2.45, 2.75) is 5.37 Å². The summed E-state index contributed by atoms with van der Waals surface area (Å²) in [5, 5.41) is 0.648. The fourth-order valence-electron chi connectivity index (χ4n) is 1.15. The molecule has 0 N–H and O–H groups in total. The van der Waals surface area contributed by atoms with Crippen molar-refractivity contribution in [2.24, 2.45) is 0 Å². The number of thioether (sulfide) groups is 1. The molecule has 0 spiro atoms. The Morgan fingerprint density at radius 3 is 3.33 bits per heavy atom. The van der Waals surface area contributed by atoms with Crippen LogP contribution in [0.1, 0.15) is 0 Å². The van der Waals surface area contributed by atoms with Gasteiger partial charge in [0.15, 0.2) is 0 Å². The first kappa shape index (κ1) is 5.42. The molecular weight excluding hydrogens is 130 g/mol. The molecule has 0 aromatic rings. The van der Waals surface area contributed by atoms with Gasteiger partial charge >= 0.3 is 0 Å². The van der Waals surface area contributed by atoms with Gasteiger partial charge in [0.1, 0.15) is 0 Å². The zero-order valence-corrected chi connectivity index (χ0v) is 5.97. The normalized spacial score (nSPS) is 31.1. The van der Waals surface area contributed by atoms with Crippen LogP contribution >= 0.6 is 11.8 Å². The first-order valence-electron chi connectivity index (χ1n) is 3.19. The van der Waals surface area contributed by atoms with Crippen molar-refractivity contribution in [3.63, 3.8) is 0 Å². The van der Waals surface area contributed by atoms with E-state index in [9.17, 15) is 0 Å². The average Bonchev–Trinajstić information content (AvgIpc) is 2.33. The van der Waals surface area contributed by atoms with Gasteiger partial charge in [-0.15, -0.1) is 11.8 Å². The molecule has 0 saturated carbocycles. The molecule has 1 saturated heterocycles. The quantitative estimate of drug-likeness (QED) is 0.499. The van der Waals surface area contributed by atoms with Gasteiger partial charge < -0.3 is 4.90 Å². The third-order valence-electron chi connectivity index (χ3n) is 1.63. The van der Waals surface area contributed by atoms with Crippen molar-refractivity contribution in [2.75, 3.05) is 12.3 Å².